The molecule has 1 atom stereocenters. The Bertz CT molecular complexity index is 1000. The molecule has 27 heavy (non-hydrogen) atoms. The Morgan fingerprint density at radius 1 is 1.30 bits per heavy atom. The van der Waals surface area contributed by atoms with Crippen LogP contribution in [0.3, 0.4) is 0 Å². The van der Waals surface area contributed by atoms with Crippen LogP contribution in [0.15, 0.2) is 35.1 Å². The Kier molecular flexibility index (Phi) is 4.35. The Hall–Kier alpha value is -3.23. The van der Waals surface area contributed by atoms with Crippen molar-refractivity contribution in [3.63, 3.8) is 0 Å². The minimum atomic E-state index is -2.80. The number of halogens is 2. The molecular formula is C18H15F2N5O2. The molecule has 1 unspecified atom stereocenters. The van der Waals surface area contributed by atoms with E-state index in [9.17, 15) is 13.6 Å². The van der Waals surface area contributed by atoms with Crippen molar-refractivity contribution in [2.45, 2.75) is 32.2 Å². The number of carbonyl (C=O) groups excluding carboxylic acids is 1. The predicted molar refractivity (Wildman–Crippen MR) is 90.0 cm³/mol. The zero-order valence-corrected chi connectivity index (χ0v) is 14.3. The second kappa shape index (κ2) is 6.82. The number of nitrogens with zero attached hydrogens (tertiary/aromatic N) is 4. The van der Waals surface area contributed by atoms with Crippen molar-refractivity contribution < 1.29 is 18.1 Å². The smallest absolute Gasteiger partial charge is 0.315 e. The number of hydrogen-bond donors (Lipinski definition) is 1. The maximum Gasteiger partial charge on any atom is 0.315 e. The molecule has 7 nitrogen and oxygen atoms in total. The van der Waals surface area contributed by atoms with Crippen molar-refractivity contribution in [1.29, 1.82) is 0 Å². The number of hydrogen-bond acceptors (Lipinski definition) is 6. The van der Waals surface area contributed by atoms with Crippen molar-refractivity contribution >= 4 is 5.91 Å². The highest BCUT2D eigenvalue weighted by Crippen LogP contribution is 2.34. The number of amides is 1. The van der Waals surface area contributed by atoms with Gasteiger partial charge in [0, 0.05) is 11.3 Å². The van der Waals surface area contributed by atoms with Gasteiger partial charge in [-0.25, -0.2) is 9.97 Å². The van der Waals surface area contributed by atoms with Crippen LogP contribution in [0.1, 0.15) is 52.1 Å². The predicted octanol–water partition coefficient (Wildman–Crippen LogP) is 3.19. The summed E-state index contributed by atoms with van der Waals surface area (Å²) < 4.78 is 29.8. The van der Waals surface area contributed by atoms with E-state index in [1.54, 1.807) is 19.1 Å². The first-order valence-electron chi connectivity index (χ1n) is 8.35. The number of alkyl halides is 2. The molecule has 0 bridgehead atoms. The highest BCUT2D eigenvalue weighted by molar-refractivity contribution is 5.92. The van der Waals surface area contributed by atoms with Gasteiger partial charge in [0.1, 0.15) is 12.0 Å². The van der Waals surface area contributed by atoms with Crippen molar-refractivity contribution in [3.05, 3.63) is 59.0 Å². The lowest BCUT2D eigenvalue weighted by Gasteiger charge is -2.14. The third-order valence-corrected chi connectivity index (χ3v) is 4.45. The van der Waals surface area contributed by atoms with Crippen molar-refractivity contribution in [2.75, 3.05) is 0 Å². The van der Waals surface area contributed by atoms with Crippen LogP contribution in [0.4, 0.5) is 8.78 Å². The Balaban J connectivity index is 1.53. The molecule has 138 valence electrons. The molecular weight excluding hydrogens is 356 g/mol. The van der Waals surface area contributed by atoms with Gasteiger partial charge < -0.3 is 9.84 Å². The Morgan fingerprint density at radius 2 is 2.15 bits per heavy atom. The van der Waals surface area contributed by atoms with Gasteiger partial charge in [-0.1, -0.05) is 17.3 Å². The average molecular weight is 371 g/mol. The van der Waals surface area contributed by atoms with Crippen molar-refractivity contribution in [2.24, 2.45) is 0 Å². The molecule has 0 radical (unpaired) electrons. The Labute approximate surface area is 152 Å². The summed E-state index contributed by atoms with van der Waals surface area (Å²) in [6, 6.07) is 6.92. The molecule has 0 aliphatic heterocycles. The fourth-order valence-corrected chi connectivity index (χ4v) is 3.16. The van der Waals surface area contributed by atoms with Gasteiger partial charge in [-0.3, -0.25) is 4.79 Å². The van der Waals surface area contributed by atoms with Crippen LogP contribution in [0, 0.1) is 6.92 Å². The molecule has 1 N–H and O–H groups in total. The molecule has 1 aliphatic carbocycles. The fraction of sp³-hybridized carbons (Fsp3) is 0.278. The molecule has 0 saturated heterocycles. The van der Waals surface area contributed by atoms with Crippen LogP contribution in [0.5, 0.6) is 0 Å². The van der Waals surface area contributed by atoms with E-state index in [-0.39, 0.29) is 17.8 Å². The molecule has 1 amide bonds. The standard InChI is InChI=1S/C18H15F2N5O2/c1-9-6-14(22-8-21-9)17(26)23-13-5-3-10-7-11(2-4-12(10)13)16-24-18(15(19)20)27-25-16/h2,4,6-8,13,15H,3,5H2,1H3,(H,23,26). The van der Waals surface area contributed by atoms with Gasteiger partial charge in [-0.2, -0.15) is 13.8 Å². The van der Waals surface area contributed by atoms with E-state index < -0.39 is 12.3 Å². The first-order valence-corrected chi connectivity index (χ1v) is 8.35. The lowest BCUT2D eigenvalue weighted by Crippen LogP contribution is -2.28. The third kappa shape index (κ3) is 3.40. The highest BCUT2D eigenvalue weighted by atomic mass is 19.3. The number of rotatable bonds is 4. The van der Waals surface area contributed by atoms with Crippen LogP contribution < -0.4 is 5.32 Å². The van der Waals surface area contributed by atoms with Crippen LogP contribution >= 0.6 is 0 Å². The van der Waals surface area contributed by atoms with Crippen molar-refractivity contribution in [1.82, 2.24) is 25.4 Å². The molecule has 0 saturated carbocycles. The van der Waals surface area contributed by atoms with Gasteiger partial charge >= 0.3 is 6.43 Å². The van der Waals surface area contributed by atoms with Gasteiger partial charge in [0.05, 0.1) is 6.04 Å². The molecule has 1 aromatic carbocycles. The normalized spacial score (nSPS) is 15.8. The summed E-state index contributed by atoms with van der Waals surface area (Å²) in [6.45, 7) is 1.79. The van der Waals surface area contributed by atoms with Crippen LogP contribution in [-0.2, 0) is 6.42 Å². The monoisotopic (exact) mass is 371 g/mol. The molecule has 0 spiro atoms. The van der Waals surface area contributed by atoms with E-state index in [2.05, 4.69) is 29.9 Å². The summed E-state index contributed by atoms with van der Waals surface area (Å²) in [7, 11) is 0. The van der Waals surface area contributed by atoms with Gasteiger partial charge in [-0.05, 0) is 43.0 Å². The highest BCUT2D eigenvalue weighted by Gasteiger charge is 2.26. The minimum absolute atomic E-state index is 0.122. The summed E-state index contributed by atoms with van der Waals surface area (Å²) in [4.78, 5) is 24.1. The number of fused-ring (bicyclic) bond motifs is 1. The second-order valence-corrected chi connectivity index (χ2v) is 6.28. The van der Waals surface area contributed by atoms with Gasteiger partial charge in [-0.15, -0.1) is 0 Å². The zero-order chi connectivity index (χ0) is 19.0. The van der Waals surface area contributed by atoms with E-state index in [1.165, 1.54) is 6.33 Å². The van der Waals surface area contributed by atoms with E-state index in [1.807, 2.05) is 12.1 Å². The number of nitrogens with one attached hydrogen (secondary N) is 1. The lowest BCUT2D eigenvalue weighted by molar-refractivity contribution is 0.0931. The van der Waals surface area contributed by atoms with E-state index in [0.29, 0.717) is 11.3 Å². The number of aryl methyl sites for hydroxylation is 2. The lowest BCUT2D eigenvalue weighted by atomic mass is 10.0. The number of aromatic nitrogens is 4. The Morgan fingerprint density at radius 3 is 2.89 bits per heavy atom. The van der Waals surface area contributed by atoms with E-state index in [0.717, 1.165) is 29.7 Å². The fourth-order valence-electron chi connectivity index (χ4n) is 3.16. The molecule has 0 fully saturated rings. The maximum atomic E-state index is 12.6. The van der Waals surface area contributed by atoms with Crippen molar-refractivity contribution in [3.8, 4) is 11.4 Å². The first kappa shape index (κ1) is 17.2. The third-order valence-electron chi connectivity index (χ3n) is 4.45. The molecule has 2 heterocycles. The van der Waals surface area contributed by atoms with Gasteiger partial charge in [0.2, 0.25) is 5.82 Å². The number of benzene rings is 1. The largest absolute Gasteiger partial charge is 0.344 e. The minimum Gasteiger partial charge on any atom is -0.344 e. The topological polar surface area (TPSA) is 93.8 Å². The van der Waals surface area contributed by atoms with Gasteiger partial charge in [0.15, 0.2) is 0 Å². The van der Waals surface area contributed by atoms with Crippen LogP contribution in [0.25, 0.3) is 11.4 Å². The maximum absolute atomic E-state index is 12.6. The second-order valence-electron chi connectivity index (χ2n) is 6.28. The average Bonchev–Trinajstić information content (AvgIpc) is 3.29. The van der Waals surface area contributed by atoms with E-state index >= 15 is 0 Å². The summed E-state index contributed by atoms with van der Waals surface area (Å²) >= 11 is 0. The SMILES string of the molecule is Cc1cc(C(=O)NC2CCc3cc(-c4noc(C(F)F)n4)ccc32)ncn1. The molecule has 4 rings (SSSR count). The summed E-state index contributed by atoms with van der Waals surface area (Å²) in [5.74, 6) is -0.838. The van der Waals surface area contributed by atoms with Crippen LogP contribution in [0.2, 0.25) is 0 Å². The molecule has 3 aromatic rings. The van der Waals surface area contributed by atoms with Crippen LogP contribution in [-0.4, -0.2) is 26.0 Å². The zero-order valence-electron chi connectivity index (χ0n) is 14.3. The summed E-state index contributed by atoms with van der Waals surface area (Å²) in [5.41, 5.74) is 3.63. The summed E-state index contributed by atoms with van der Waals surface area (Å²) in [5, 5.41) is 6.58. The molecule has 1 aliphatic rings. The first-order chi connectivity index (χ1) is 13.0. The van der Waals surface area contributed by atoms with Gasteiger partial charge in [0.25, 0.3) is 11.8 Å². The molecule has 9 heteroatoms. The number of carbonyl (C=O) groups is 1. The summed E-state index contributed by atoms with van der Waals surface area (Å²) in [6.07, 6.45) is 0.0443. The van der Waals surface area contributed by atoms with E-state index in [4.69, 9.17) is 0 Å². The molecule has 2 aromatic heterocycles. The quantitative estimate of drug-likeness (QED) is 0.757.